The van der Waals surface area contributed by atoms with E-state index in [2.05, 4.69) is 27.2 Å². The van der Waals surface area contributed by atoms with Crippen LogP contribution in [-0.2, 0) is 14.3 Å². The van der Waals surface area contributed by atoms with Gasteiger partial charge in [-0.15, -0.1) is 0 Å². The van der Waals surface area contributed by atoms with Gasteiger partial charge in [-0.3, -0.25) is 25.3 Å². The second kappa shape index (κ2) is 12.8. The van der Waals surface area contributed by atoms with E-state index in [-0.39, 0.29) is 52.9 Å². The van der Waals surface area contributed by atoms with Gasteiger partial charge in [0, 0.05) is 48.7 Å². The van der Waals surface area contributed by atoms with Crippen LogP contribution in [-0.4, -0.2) is 93.0 Å². The van der Waals surface area contributed by atoms with E-state index < -0.39 is 11.3 Å². The van der Waals surface area contributed by atoms with Crippen molar-refractivity contribution in [2.24, 2.45) is 5.41 Å². The van der Waals surface area contributed by atoms with Crippen molar-refractivity contribution in [2.75, 3.05) is 32.1 Å². The van der Waals surface area contributed by atoms with E-state index in [4.69, 9.17) is 20.3 Å². The van der Waals surface area contributed by atoms with E-state index >= 15 is 0 Å². The molecule has 0 radical (unpaired) electrons. The number of allylic oxidation sites excluding steroid dienone is 3. The van der Waals surface area contributed by atoms with Crippen LogP contribution in [0.5, 0.6) is 5.88 Å². The number of amides is 1. The third-order valence-corrected chi connectivity index (χ3v) is 10.0. The van der Waals surface area contributed by atoms with Crippen LogP contribution in [0.4, 0.5) is 5.82 Å². The maximum atomic E-state index is 13.1. The third kappa shape index (κ3) is 6.05. The number of likely N-dealkylation sites (N-methyl/N-ethyl adjacent to an activating group) is 1. The van der Waals surface area contributed by atoms with E-state index in [0.717, 1.165) is 38.6 Å². The van der Waals surface area contributed by atoms with Gasteiger partial charge in [-0.1, -0.05) is 6.42 Å². The highest BCUT2D eigenvalue weighted by Crippen LogP contribution is 2.48. The Morgan fingerprint density at radius 1 is 1.20 bits per heavy atom. The topological polar surface area (TPSA) is 165 Å². The number of likely N-dealkylation sites (tertiary alicyclic amines) is 1. The number of carbonyl (C=O) groups excluding carboxylic acids is 2. The van der Waals surface area contributed by atoms with Gasteiger partial charge in [0.1, 0.15) is 34.9 Å². The summed E-state index contributed by atoms with van der Waals surface area (Å²) in [7, 11) is 2.08. The number of nitrogens with zero attached hydrogens (tertiary/aromatic N) is 4. The molecule has 5 aliphatic rings. The lowest BCUT2D eigenvalue weighted by Gasteiger charge is -2.39. The molecule has 1 saturated carbocycles. The lowest BCUT2D eigenvalue weighted by atomic mass is 9.64. The fraction of sp³-hybridized carbons (Fsp3) is 0.576. The Hall–Kier alpha value is -3.90. The first-order valence-corrected chi connectivity index (χ1v) is 16.1. The van der Waals surface area contributed by atoms with Gasteiger partial charge in [0.15, 0.2) is 5.82 Å². The molecule has 1 aromatic rings. The largest absolute Gasteiger partial charge is 0.511 e. The molecular formula is C33H43N7O5. The smallest absolute Gasteiger partial charge is 0.276 e. The minimum atomic E-state index is -0.919. The molecule has 4 heterocycles. The number of aliphatic hydroxyl groups is 1. The molecule has 0 unspecified atom stereocenters. The standard InChI is InChI=1S/C33H43N7O5/c1-20(24-8-6-14-39(24)2)45-27-17-26(36-18-21-10-15-40(32(43)28(21)34)22-11-16-44-19-22)37-31(38-27)29(35)23-7-5-13-33(30(23)42)12-4-3-9-25(33)41/h10,15,17-18,20,22,24,34-35,42H,3-9,11-14,16,19H2,1-2H3,(H,36,37,38)/b21-18-,34-28?,35-29?/t20-,22-,24-,33+/m0/s1. The molecule has 6 rings (SSSR count). The first kappa shape index (κ1) is 31.1. The van der Waals surface area contributed by atoms with E-state index in [1.54, 1.807) is 29.4 Å². The zero-order valence-electron chi connectivity index (χ0n) is 26.1. The predicted octanol–water partition coefficient (Wildman–Crippen LogP) is 4.29. The van der Waals surface area contributed by atoms with Gasteiger partial charge < -0.3 is 24.8 Å². The summed E-state index contributed by atoms with van der Waals surface area (Å²) in [6.45, 7) is 4.05. The number of aromatic nitrogens is 2. The van der Waals surface area contributed by atoms with E-state index in [9.17, 15) is 14.7 Å². The fourth-order valence-corrected chi connectivity index (χ4v) is 7.41. The summed E-state index contributed by atoms with van der Waals surface area (Å²) in [5.41, 5.74) is -0.308. The SMILES string of the molecule is C[C@H](Oc1cc(N/C=C2/C=CN([C@H]3CCOC3)C(=O)C2=N)nc(C(=N)C2=C(O)[C@]3(CCCCC3=O)CCC2)n1)[C@@H]1CCCN1C. The van der Waals surface area contributed by atoms with Gasteiger partial charge in [-0.05, 0) is 78.0 Å². The van der Waals surface area contributed by atoms with Crippen LogP contribution in [0.3, 0.4) is 0 Å². The summed E-state index contributed by atoms with van der Waals surface area (Å²) in [5.74, 6) is 0.312. The number of anilines is 1. The molecule has 1 aromatic heterocycles. The van der Waals surface area contributed by atoms with Gasteiger partial charge in [0.25, 0.3) is 5.91 Å². The summed E-state index contributed by atoms with van der Waals surface area (Å²) in [5, 5.41) is 32.2. The molecule has 4 N–H and O–H groups in total. The molecule has 12 heteroatoms. The van der Waals surface area contributed by atoms with Crippen LogP contribution in [0.1, 0.15) is 77.0 Å². The van der Waals surface area contributed by atoms with Gasteiger partial charge in [-0.25, -0.2) is 4.98 Å². The number of nitrogens with one attached hydrogen (secondary N) is 3. The van der Waals surface area contributed by atoms with Gasteiger partial charge in [0.2, 0.25) is 5.88 Å². The molecule has 3 aliphatic heterocycles. The highest BCUT2D eigenvalue weighted by atomic mass is 16.5. The van der Waals surface area contributed by atoms with Crippen molar-refractivity contribution in [1.29, 1.82) is 10.8 Å². The number of ketones is 1. The Bertz CT molecular complexity index is 1480. The molecular weight excluding hydrogens is 574 g/mol. The van der Waals surface area contributed by atoms with Gasteiger partial charge in [0.05, 0.1) is 18.1 Å². The van der Waals surface area contributed by atoms with Crippen LogP contribution >= 0.6 is 0 Å². The van der Waals surface area contributed by atoms with Crippen molar-refractivity contribution in [2.45, 2.75) is 89.3 Å². The highest BCUT2D eigenvalue weighted by molar-refractivity contribution is 6.45. The molecule has 3 fully saturated rings. The second-order valence-electron chi connectivity index (χ2n) is 12.9. The minimum Gasteiger partial charge on any atom is -0.511 e. The number of aliphatic hydroxyl groups excluding tert-OH is 1. The molecule has 12 nitrogen and oxygen atoms in total. The lowest BCUT2D eigenvalue weighted by Crippen LogP contribution is -2.43. The first-order valence-electron chi connectivity index (χ1n) is 16.1. The molecule has 0 aromatic carbocycles. The van der Waals surface area contributed by atoms with Crippen LogP contribution in [0.25, 0.3) is 0 Å². The molecule has 1 amide bonds. The summed E-state index contributed by atoms with van der Waals surface area (Å²) in [6, 6.07) is 1.78. The number of Topliss-reactive ketones (excluding diaryl/α,β-unsaturated/α-hetero) is 1. The third-order valence-electron chi connectivity index (χ3n) is 10.0. The predicted molar refractivity (Wildman–Crippen MR) is 169 cm³/mol. The molecule has 4 atom stereocenters. The summed E-state index contributed by atoms with van der Waals surface area (Å²) >= 11 is 0. The van der Waals surface area contributed by atoms with E-state index in [1.807, 2.05) is 6.92 Å². The van der Waals surface area contributed by atoms with Crippen molar-refractivity contribution in [3.63, 3.8) is 0 Å². The van der Waals surface area contributed by atoms with Crippen molar-refractivity contribution in [3.05, 3.63) is 47.3 Å². The van der Waals surface area contributed by atoms with Crippen molar-refractivity contribution < 1.29 is 24.2 Å². The van der Waals surface area contributed by atoms with Crippen molar-refractivity contribution in [1.82, 2.24) is 19.8 Å². The molecule has 240 valence electrons. The summed E-state index contributed by atoms with van der Waals surface area (Å²) < 4.78 is 11.7. The molecule has 2 saturated heterocycles. The first-order chi connectivity index (χ1) is 21.7. The monoisotopic (exact) mass is 617 g/mol. The maximum absolute atomic E-state index is 13.1. The van der Waals surface area contributed by atoms with Crippen LogP contribution in [0.15, 0.2) is 41.4 Å². The average Bonchev–Trinajstić information content (AvgIpc) is 3.72. The van der Waals surface area contributed by atoms with E-state index in [1.165, 1.54) is 0 Å². The molecule has 0 bridgehead atoms. The lowest BCUT2D eigenvalue weighted by molar-refractivity contribution is -0.131. The Morgan fingerprint density at radius 3 is 2.76 bits per heavy atom. The zero-order chi connectivity index (χ0) is 31.7. The summed E-state index contributed by atoms with van der Waals surface area (Å²) in [6.07, 6.45) is 12.1. The quantitative estimate of drug-likeness (QED) is 0.311. The number of ether oxygens (including phenoxy) is 2. The number of rotatable bonds is 8. The van der Waals surface area contributed by atoms with Crippen molar-refractivity contribution >= 4 is 28.9 Å². The molecule has 1 spiro atoms. The second-order valence-corrected chi connectivity index (χ2v) is 12.9. The summed E-state index contributed by atoms with van der Waals surface area (Å²) in [4.78, 5) is 39.0. The van der Waals surface area contributed by atoms with Gasteiger partial charge in [-0.2, -0.15) is 4.98 Å². The Balaban J connectivity index is 1.30. The molecule has 2 aliphatic carbocycles. The normalized spacial score (nSPS) is 29.2. The van der Waals surface area contributed by atoms with E-state index in [0.29, 0.717) is 62.3 Å². The van der Waals surface area contributed by atoms with Crippen LogP contribution < -0.4 is 10.1 Å². The number of hydrogen-bond donors (Lipinski definition) is 4. The van der Waals surface area contributed by atoms with Crippen molar-refractivity contribution in [3.8, 4) is 5.88 Å². The Morgan fingerprint density at radius 2 is 2.02 bits per heavy atom. The number of carbonyl (C=O) groups is 2. The fourth-order valence-electron chi connectivity index (χ4n) is 7.41. The Kier molecular flexibility index (Phi) is 8.87. The Labute approximate surface area is 263 Å². The maximum Gasteiger partial charge on any atom is 0.276 e. The zero-order valence-corrected chi connectivity index (χ0v) is 26.1. The average molecular weight is 618 g/mol. The van der Waals surface area contributed by atoms with Crippen LogP contribution in [0.2, 0.25) is 0 Å². The van der Waals surface area contributed by atoms with Gasteiger partial charge >= 0.3 is 0 Å². The van der Waals surface area contributed by atoms with Crippen LogP contribution in [0, 0.1) is 16.2 Å². The highest BCUT2D eigenvalue weighted by Gasteiger charge is 2.47. The minimum absolute atomic E-state index is 0.00697. The molecule has 45 heavy (non-hydrogen) atoms. The number of hydrogen-bond acceptors (Lipinski definition) is 11.